The zero-order chi connectivity index (χ0) is 18.4. The Bertz CT molecular complexity index is 1320. The van der Waals surface area contributed by atoms with Gasteiger partial charge < -0.3 is 14.1 Å². The van der Waals surface area contributed by atoms with E-state index in [1.54, 1.807) is 6.92 Å². The van der Waals surface area contributed by atoms with E-state index in [1.165, 1.54) is 30.5 Å². The van der Waals surface area contributed by atoms with Crippen LogP contribution >= 0.6 is 0 Å². The third-order valence-electron chi connectivity index (χ3n) is 4.13. The molecule has 0 radical (unpaired) electrons. The number of carbonyl (C=O) groups excluding carboxylic acids is 1. The Morgan fingerprint density at radius 3 is 2.62 bits per heavy atom. The summed E-state index contributed by atoms with van der Waals surface area (Å²) in [5, 5.41) is 0.505. The van der Waals surface area contributed by atoms with Gasteiger partial charge in [-0.1, -0.05) is 0 Å². The molecule has 6 nitrogen and oxygen atoms in total. The molecule has 26 heavy (non-hydrogen) atoms. The second-order valence-corrected chi connectivity index (χ2v) is 5.72. The number of pyridine rings is 1. The first kappa shape index (κ1) is 16.0. The van der Waals surface area contributed by atoms with Gasteiger partial charge in [0.2, 0.25) is 10.9 Å². The third kappa shape index (κ3) is 2.36. The molecule has 4 rings (SSSR count). The van der Waals surface area contributed by atoms with Gasteiger partial charge in [0.05, 0.1) is 28.3 Å². The van der Waals surface area contributed by atoms with Gasteiger partial charge in [0.15, 0.2) is 0 Å². The van der Waals surface area contributed by atoms with E-state index in [0.717, 1.165) is 6.07 Å². The molecule has 0 amide bonds. The van der Waals surface area contributed by atoms with Crippen molar-refractivity contribution in [1.29, 1.82) is 0 Å². The smallest absolute Gasteiger partial charge is 0.343 e. The van der Waals surface area contributed by atoms with Crippen LogP contribution < -0.4 is 10.9 Å². The molecule has 0 fully saturated rings. The molecule has 0 saturated carbocycles. The van der Waals surface area contributed by atoms with E-state index in [0.29, 0.717) is 5.52 Å². The van der Waals surface area contributed by atoms with E-state index in [-0.39, 0.29) is 39.5 Å². The fourth-order valence-corrected chi connectivity index (χ4v) is 2.90. The van der Waals surface area contributed by atoms with Crippen molar-refractivity contribution in [2.24, 2.45) is 0 Å². The van der Waals surface area contributed by atoms with Crippen LogP contribution in [0.1, 0.15) is 17.3 Å². The summed E-state index contributed by atoms with van der Waals surface area (Å²) in [5.74, 6) is -1.27. The number of rotatable bonds is 2. The number of halogens is 1. The van der Waals surface area contributed by atoms with Crippen LogP contribution in [0.3, 0.4) is 0 Å². The first-order valence-corrected chi connectivity index (χ1v) is 7.88. The molecule has 0 aliphatic rings. The number of carbonyl (C=O) groups is 1. The lowest BCUT2D eigenvalue weighted by molar-refractivity contribution is 0.0524. The summed E-state index contributed by atoms with van der Waals surface area (Å²) in [7, 11) is 0. The van der Waals surface area contributed by atoms with Gasteiger partial charge in [-0.05, 0) is 37.3 Å². The van der Waals surface area contributed by atoms with E-state index in [4.69, 9.17) is 9.15 Å². The lowest BCUT2D eigenvalue weighted by Crippen LogP contribution is -2.18. The Morgan fingerprint density at radius 2 is 1.85 bits per heavy atom. The second-order valence-electron chi connectivity index (χ2n) is 5.72. The van der Waals surface area contributed by atoms with Gasteiger partial charge in [-0.2, -0.15) is 0 Å². The maximum absolute atomic E-state index is 13.4. The largest absolute Gasteiger partial charge is 0.462 e. The molecular formula is C19H12FNO5. The molecule has 1 N–H and O–H groups in total. The minimum atomic E-state index is -0.730. The summed E-state index contributed by atoms with van der Waals surface area (Å²) >= 11 is 0. The summed E-state index contributed by atoms with van der Waals surface area (Å²) in [6.45, 7) is 1.79. The third-order valence-corrected chi connectivity index (χ3v) is 4.13. The van der Waals surface area contributed by atoms with Crippen LogP contribution in [0.25, 0.3) is 32.8 Å². The minimum absolute atomic E-state index is 0.113. The number of hydrogen-bond acceptors (Lipinski definition) is 5. The molecule has 0 bridgehead atoms. The molecule has 0 atom stereocenters. The molecular weight excluding hydrogens is 341 g/mol. The number of esters is 1. The number of aromatic amines is 1. The van der Waals surface area contributed by atoms with Crippen LogP contribution in [0.2, 0.25) is 0 Å². The normalized spacial score (nSPS) is 11.3. The van der Waals surface area contributed by atoms with Gasteiger partial charge in [-0.25, -0.2) is 9.18 Å². The first-order chi connectivity index (χ1) is 12.5. The standard InChI is InChI=1S/C19H12FNO5/c1-2-25-19(24)13-8-21-14-6-12-16(7-10(14)17(13)22)26-15-4-3-9(20)5-11(15)18(12)23/h3-8H,2H2,1H3,(H,21,22). The van der Waals surface area contributed by atoms with E-state index in [2.05, 4.69) is 4.98 Å². The predicted octanol–water partition coefficient (Wildman–Crippen LogP) is 3.10. The van der Waals surface area contributed by atoms with E-state index < -0.39 is 22.6 Å². The van der Waals surface area contributed by atoms with Crippen molar-refractivity contribution in [2.45, 2.75) is 6.92 Å². The predicted molar refractivity (Wildman–Crippen MR) is 94.0 cm³/mol. The number of benzene rings is 2. The molecule has 4 aromatic rings. The monoisotopic (exact) mass is 353 g/mol. The highest BCUT2D eigenvalue weighted by Crippen LogP contribution is 2.22. The van der Waals surface area contributed by atoms with Crippen LogP contribution in [-0.4, -0.2) is 17.6 Å². The van der Waals surface area contributed by atoms with Crippen LogP contribution in [0.4, 0.5) is 4.39 Å². The molecule has 0 unspecified atom stereocenters. The molecule has 0 aliphatic carbocycles. The maximum atomic E-state index is 13.4. The topological polar surface area (TPSA) is 89.4 Å². The summed E-state index contributed by atoms with van der Waals surface area (Å²) in [6.07, 6.45) is 1.25. The van der Waals surface area contributed by atoms with E-state index >= 15 is 0 Å². The number of aromatic nitrogens is 1. The highest BCUT2D eigenvalue weighted by Gasteiger charge is 2.16. The number of nitrogens with one attached hydrogen (secondary N) is 1. The van der Waals surface area contributed by atoms with Gasteiger partial charge in [0, 0.05) is 6.20 Å². The van der Waals surface area contributed by atoms with Crippen molar-refractivity contribution in [3.8, 4) is 0 Å². The molecule has 2 aromatic carbocycles. The molecule has 130 valence electrons. The lowest BCUT2D eigenvalue weighted by Gasteiger charge is -2.06. The summed E-state index contributed by atoms with van der Waals surface area (Å²) < 4.78 is 24.0. The Morgan fingerprint density at radius 1 is 1.08 bits per heavy atom. The molecule has 0 saturated heterocycles. The summed E-state index contributed by atoms with van der Waals surface area (Å²) in [6, 6.07) is 6.50. The van der Waals surface area contributed by atoms with Gasteiger partial charge >= 0.3 is 5.97 Å². The van der Waals surface area contributed by atoms with Crippen molar-refractivity contribution < 1.29 is 18.3 Å². The highest BCUT2D eigenvalue weighted by molar-refractivity contribution is 6.00. The minimum Gasteiger partial charge on any atom is -0.462 e. The van der Waals surface area contributed by atoms with Crippen molar-refractivity contribution in [2.75, 3.05) is 6.61 Å². The fraction of sp³-hybridized carbons (Fsp3) is 0.105. The SMILES string of the molecule is CCOC(=O)c1c[nH]c2cc3c(=O)c4cc(F)ccc4oc3cc2c1=O. The molecule has 0 aliphatic heterocycles. The van der Waals surface area contributed by atoms with E-state index in [9.17, 15) is 18.8 Å². The van der Waals surface area contributed by atoms with Crippen molar-refractivity contribution in [3.05, 3.63) is 68.4 Å². The first-order valence-electron chi connectivity index (χ1n) is 7.88. The number of ether oxygens (including phenoxy) is 1. The van der Waals surface area contributed by atoms with Crippen molar-refractivity contribution in [3.63, 3.8) is 0 Å². The Kier molecular flexibility index (Phi) is 3.57. The zero-order valence-corrected chi connectivity index (χ0v) is 13.6. The quantitative estimate of drug-likeness (QED) is 0.442. The van der Waals surface area contributed by atoms with Gasteiger partial charge in [0.25, 0.3) is 0 Å². The number of hydrogen-bond donors (Lipinski definition) is 1. The van der Waals surface area contributed by atoms with Gasteiger partial charge in [-0.3, -0.25) is 9.59 Å². The average molecular weight is 353 g/mol. The number of H-pyrrole nitrogens is 1. The van der Waals surface area contributed by atoms with Gasteiger partial charge in [-0.15, -0.1) is 0 Å². The number of fused-ring (bicyclic) bond motifs is 3. The summed E-state index contributed by atoms with van der Waals surface area (Å²) in [5.41, 5.74) is -0.323. The van der Waals surface area contributed by atoms with Crippen molar-refractivity contribution >= 4 is 38.8 Å². The molecule has 0 spiro atoms. The van der Waals surface area contributed by atoms with Crippen LogP contribution in [0, 0.1) is 5.82 Å². The Labute approximate surface area is 144 Å². The Balaban J connectivity index is 2.07. The van der Waals surface area contributed by atoms with Gasteiger partial charge in [0.1, 0.15) is 22.5 Å². The second kappa shape index (κ2) is 5.80. The van der Waals surface area contributed by atoms with Crippen molar-refractivity contribution in [1.82, 2.24) is 4.98 Å². The lowest BCUT2D eigenvalue weighted by atomic mass is 10.1. The van der Waals surface area contributed by atoms with E-state index in [1.807, 2.05) is 0 Å². The maximum Gasteiger partial charge on any atom is 0.343 e. The Hall–Kier alpha value is -3.48. The van der Waals surface area contributed by atoms with Crippen LogP contribution in [0.15, 0.2) is 50.5 Å². The molecule has 2 aromatic heterocycles. The van der Waals surface area contributed by atoms with Crippen LogP contribution in [0.5, 0.6) is 0 Å². The zero-order valence-electron chi connectivity index (χ0n) is 13.6. The average Bonchev–Trinajstić information content (AvgIpc) is 2.62. The molecule has 2 heterocycles. The highest BCUT2D eigenvalue weighted by atomic mass is 19.1. The molecule has 7 heteroatoms. The van der Waals surface area contributed by atoms with Crippen LogP contribution in [-0.2, 0) is 4.74 Å². The fourth-order valence-electron chi connectivity index (χ4n) is 2.90. The summed E-state index contributed by atoms with van der Waals surface area (Å²) in [4.78, 5) is 39.9.